The van der Waals surface area contributed by atoms with Crippen LogP contribution in [0.1, 0.15) is 61.1 Å². The van der Waals surface area contributed by atoms with E-state index in [0.29, 0.717) is 27.5 Å². The topological polar surface area (TPSA) is 82.1 Å². The van der Waals surface area contributed by atoms with Crippen molar-refractivity contribution in [1.82, 2.24) is 24.4 Å². The van der Waals surface area contributed by atoms with Crippen LogP contribution in [0.4, 0.5) is 11.4 Å². The van der Waals surface area contributed by atoms with Gasteiger partial charge in [-0.05, 0) is 55.7 Å². The van der Waals surface area contributed by atoms with E-state index in [1.807, 2.05) is 85.2 Å². The molecule has 51 heavy (non-hydrogen) atoms. The molecule has 1 aliphatic heterocycles. The molecule has 3 aromatic carbocycles. The number of halogens is 2. The molecule has 6 aromatic rings. The van der Waals surface area contributed by atoms with Gasteiger partial charge < -0.3 is 19.8 Å². The third-order valence-electron chi connectivity index (χ3n) is 10.6. The van der Waals surface area contributed by atoms with Gasteiger partial charge in [0, 0.05) is 70.5 Å². The summed E-state index contributed by atoms with van der Waals surface area (Å²) < 4.78 is 2.14. The standard InChI is InChI=1S/C41H41Cl2N7O/c1-27(28-12-14-30(42)15-13-28)50-26-45-38(29-8-4-2-5-9-29)40(50)37-33-17-16-31(43)24-34(33)46-39(37)41(51)47-35-25-44-19-18-36(35)49-22-20-48(21-23-49)32-10-6-3-7-11-32/h2,4-5,8-9,12-19,24-27,32,46H,3,6-7,10-11,20-23H2,1H3,(H,47,51). The Morgan fingerprint density at radius 1 is 0.902 bits per heavy atom. The summed E-state index contributed by atoms with van der Waals surface area (Å²) >= 11 is 12.8. The second-order valence-electron chi connectivity index (χ2n) is 13.7. The molecule has 1 saturated carbocycles. The van der Waals surface area contributed by atoms with E-state index in [9.17, 15) is 4.79 Å². The first-order chi connectivity index (χ1) is 24.9. The molecule has 10 heteroatoms. The van der Waals surface area contributed by atoms with Crippen LogP contribution in [-0.2, 0) is 0 Å². The lowest BCUT2D eigenvalue weighted by Gasteiger charge is -2.41. The molecule has 1 amide bonds. The fourth-order valence-corrected chi connectivity index (χ4v) is 8.21. The number of carbonyl (C=O) groups is 1. The van der Waals surface area contributed by atoms with Crippen LogP contribution < -0.4 is 10.2 Å². The highest BCUT2D eigenvalue weighted by Gasteiger charge is 2.30. The predicted octanol–water partition coefficient (Wildman–Crippen LogP) is 9.72. The van der Waals surface area contributed by atoms with Crippen LogP contribution in [-0.4, -0.2) is 62.5 Å². The molecule has 1 unspecified atom stereocenters. The first-order valence-corrected chi connectivity index (χ1v) is 18.6. The van der Waals surface area contributed by atoms with E-state index in [0.717, 1.165) is 70.8 Å². The average molecular weight is 719 g/mol. The van der Waals surface area contributed by atoms with Crippen molar-refractivity contribution >= 4 is 51.4 Å². The number of rotatable bonds is 8. The van der Waals surface area contributed by atoms with Crippen molar-refractivity contribution in [2.45, 2.75) is 51.1 Å². The second kappa shape index (κ2) is 14.5. The SMILES string of the molecule is CC(c1ccc(Cl)cc1)n1cnc(-c2ccccc2)c1-c1c(C(=O)Nc2cnccc2N2CCN(C3CCCCC3)CC2)[nH]c2cc(Cl)ccc12. The molecular formula is C41H41Cl2N7O. The highest BCUT2D eigenvalue weighted by Crippen LogP contribution is 2.42. The van der Waals surface area contributed by atoms with Crippen molar-refractivity contribution in [2.75, 3.05) is 36.4 Å². The lowest BCUT2D eigenvalue weighted by molar-refractivity contribution is 0.102. The van der Waals surface area contributed by atoms with Gasteiger partial charge in [0.05, 0.1) is 41.3 Å². The van der Waals surface area contributed by atoms with Crippen LogP contribution >= 0.6 is 23.2 Å². The summed E-state index contributed by atoms with van der Waals surface area (Å²) in [7, 11) is 0. The van der Waals surface area contributed by atoms with Gasteiger partial charge in [-0.3, -0.25) is 14.7 Å². The zero-order chi connectivity index (χ0) is 34.9. The number of carbonyl (C=O) groups excluding carboxylic acids is 1. The number of fused-ring (bicyclic) bond motifs is 1. The Bertz CT molecular complexity index is 2150. The van der Waals surface area contributed by atoms with E-state index in [1.165, 1.54) is 32.1 Å². The first-order valence-electron chi connectivity index (χ1n) is 17.9. The molecule has 2 fully saturated rings. The molecule has 8 rings (SSSR count). The molecule has 8 nitrogen and oxygen atoms in total. The Morgan fingerprint density at radius 2 is 1.65 bits per heavy atom. The molecule has 1 aliphatic carbocycles. The Hall–Kier alpha value is -4.63. The Labute approximate surface area is 308 Å². The number of imidazole rings is 1. The van der Waals surface area contributed by atoms with E-state index in [4.69, 9.17) is 28.2 Å². The molecule has 4 heterocycles. The normalized spacial score (nSPS) is 16.4. The van der Waals surface area contributed by atoms with E-state index >= 15 is 0 Å². The van der Waals surface area contributed by atoms with Crippen LogP contribution in [0, 0.1) is 0 Å². The van der Waals surface area contributed by atoms with E-state index in [1.54, 1.807) is 12.4 Å². The minimum absolute atomic E-state index is 0.118. The Balaban J connectivity index is 1.19. The number of pyridine rings is 1. The van der Waals surface area contributed by atoms with Gasteiger partial charge in [-0.1, -0.05) is 91.0 Å². The van der Waals surface area contributed by atoms with Gasteiger partial charge in [0.2, 0.25) is 0 Å². The zero-order valence-electron chi connectivity index (χ0n) is 28.7. The van der Waals surface area contributed by atoms with Crippen LogP contribution in [0.15, 0.2) is 97.6 Å². The molecular weight excluding hydrogens is 677 g/mol. The van der Waals surface area contributed by atoms with Crippen molar-refractivity contribution in [1.29, 1.82) is 0 Å². The third kappa shape index (κ3) is 6.76. The van der Waals surface area contributed by atoms with Crippen LogP contribution in [0.3, 0.4) is 0 Å². The maximum Gasteiger partial charge on any atom is 0.272 e. The fraction of sp³-hybridized carbons (Fsp3) is 0.293. The van der Waals surface area contributed by atoms with Crippen LogP contribution in [0.5, 0.6) is 0 Å². The van der Waals surface area contributed by atoms with Gasteiger partial charge >= 0.3 is 0 Å². The summed E-state index contributed by atoms with van der Waals surface area (Å²) in [6.07, 6.45) is 12.1. The minimum Gasteiger partial charge on any atom is -0.367 e. The lowest BCUT2D eigenvalue weighted by Crippen LogP contribution is -2.51. The molecule has 2 N–H and O–H groups in total. The number of piperazine rings is 1. The first kappa shape index (κ1) is 33.5. The second-order valence-corrected chi connectivity index (χ2v) is 14.5. The number of aromatic nitrogens is 4. The van der Waals surface area contributed by atoms with E-state index < -0.39 is 0 Å². The molecule has 2 aliphatic rings. The number of nitrogens with zero attached hydrogens (tertiary/aromatic N) is 5. The summed E-state index contributed by atoms with van der Waals surface area (Å²) in [5.74, 6) is -0.265. The smallest absolute Gasteiger partial charge is 0.272 e. The third-order valence-corrected chi connectivity index (χ3v) is 11.1. The molecule has 0 bridgehead atoms. The number of hydrogen-bond donors (Lipinski definition) is 2. The summed E-state index contributed by atoms with van der Waals surface area (Å²) in [6, 6.07) is 26.2. The Morgan fingerprint density at radius 3 is 2.41 bits per heavy atom. The maximum atomic E-state index is 14.6. The van der Waals surface area contributed by atoms with E-state index in [2.05, 4.69) is 36.6 Å². The molecule has 1 atom stereocenters. The molecule has 0 spiro atoms. The molecule has 1 saturated heterocycles. The number of H-pyrrole nitrogens is 1. The average Bonchev–Trinajstić information content (AvgIpc) is 3.77. The van der Waals surface area contributed by atoms with E-state index in [-0.39, 0.29) is 11.9 Å². The summed E-state index contributed by atoms with van der Waals surface area (Å²) in [6.45, 7) is 5.98. The quantitative estimate of drug-likeness (QED) is 0.164. The maximum absolute atomic E-state index is 14.6. The van der Waals surface area contributed by atoms with Crippen LogP contribution in [0.25, 0.3) is 33.4 Å². The molecule has 260 valence electrons. The van der Waals surface area contributed by atoms with Crippen LogP contribution in [0.2, 0.25) is 10.0 Å². The lowest BCUT2D eigenvalue weighted by atomic mass is 9.94. The highest BCUT2D eigenvalue weighted by molar-refractivity contribution is 6.31. The monoisotopic (exact) mass is 717 g/mol. The zero-order valence-corrected chi connectivity index (χ0v) is 30.2. The van der Waals surface area contributed by atoms with Gasteiger partial charge in [0.15, 0.2) is 0 Å². The number of amides is 1. The van der Waals surface area contributed by atoms with Gasteiger partial charge in [-0.2, -0.15) is 0 Å². The molecule has 3 aromatic heterocycles. The summed E-state index contributed by atoms with van der Waals surface area (Å²) in [5.41, 5.74) is 7.22. The van der Waals surface area contributed by atoms with Gasteiger partial charge in [0.1, 0.15) is 5.69 Å². The van der Waals surface area contributed by atoms with Crippen molar-refractivity contribution in [2.24, 2.45) is 0 Å². The summed E-state index contributed by atoms with van der Waals surface area (Å²) in [4.78, 5) is 32.5. The largest absolute Gasteiger partial charge is 0.367 e. The number of benzene rings is 3. The van der Waals surface area contributed by atoms with Crippen molar-refractivity contribution < 1.29 is 4.79 Å². The van der Waals surface area contributed by atoms with Crippen molar-refractivity contribution in [3.8, 4) is 22.5 Å². The van der Waals surface area contributed by atoms with Gasteiger partial charge in [-0.25, -0.2) is 4.98 Å². The Kier molecular flexibility index (Phi) is 9.56. The highest BCUT2D eigenvalue weighted by atomic mass is 35.5. The fourth-order valence-electron chi connectivity index (χ4n) is 7.92. The summed E-state index contributed by atoms with van der Waals surface area (Å²) in [5, 5.41) is 5.38. The number of nitrogens with one attached hydrogen (secondary N) is 2. The minimum atomic E-state index is -0.265. The molecule has 0 radical (unpaired) electrons. The number of hydrogen-bond acceptors (Lipinski definition) is 5. The number of aromatic amines is 1. The van der Waals surface area contributed by atoms with Gasteiger partial charge in [0.25, 0.3) is 5.91 Å². The van der Waals surface area contributed by atoms with Gasteiger partial charge in [-0.15, -0.1) is 0 Å². The number of anilines is 2. The van der Waals surface area contributed by atoms with Crippen molar-refractivity contribution in [3.05, 3.63) is 119 Å². The van der Waals surface area contributed by atoms with Crippen molar-refractivity contribution in [3.63, 3.8) is 0 Å². The predicted molar refractivity (Wildman–Crippen MR) is 208 cm³/mol.